The van der Waals surface area contributed by atoms with Crippen LogP contribution in [0.2, 0.25) is 0 Å². The largest absolute Gasteiger partial charge is 0.469 e. The average molecular weight is 194 g/mol. The third kappa shape index (κ3) is 2.80. The Morgan fingerprint density at radius 1 is 1.50 bits per heavy atom. The third-order valence-corrected chi connectivity index (χ3v) is 2.06. The molecule has 4 heteroatoms. The van der Waals surface area contributed by atoms with Gasteiger partial charge in [0, 0.05) is 18.3 Å². The Labute approximate surface area is 83.3 Å². The van der Waals surface area contributed by atoms with Crippen molar-refractivity contribution < 1.29 is 9.53 Å². The smallest absolute Gasteiger partial charge is 0.305 e. The van der Waals surface area contributed by atoms with Gasteiger partial charge in [-0.2, -0.15) is 0 Å². The Bertz CT molecular complexity index is 337. The van der Waals surface area contributed by atoms with Gasteiger partial charge >= 0.3 is 5.97 Å². The van der Waals surface area contributed by atoms with Crippen molar-refractivity contribution in [3.8, 4) is 0 Å². The van der Waals surface area contributed by atoms with Crippen LogP contribution in [0, 0.1) is 13.8 Å². The fourth-order valence-corrected chi connectivity index (χ4v) is 1.01. The normalized spacial score (nSPS) is 9.93. The Kier molecular flexibility index (Phi) is 3.56. The molecule has 1 heterocycles. The molecule has 0 amide bonds. The molecule has 76 valence electrons. The number of aromatic nitrogens is 2. The molecule has 0 saturated heterocycles. The molecular weight excluding hydrogens is 180 g/mol. The Hall–Kier alpha value is -1.45. The van der Waals surface area contributed by atoms with Crippen molar-refractivity contribution in [1.82, 2.24) is 9.97 Å². The number of hydrogen-bond acceptors (Lipinski definition) is 4. The summed E-state index contributed by atoms with van der Waals surface area (Å²) in [7, 11) is 1.38. The second-order valence-electron chi connectivity index (χ2n) is 3.13. The number of nitrogens with zero attached hydrogens (tertiary/aromatic N) is 2. The first-order chi connectivity index (χ1) is 6.63. The van der Waals surface area contributed by atoms with E-state index >= 15 is 0 Å². The van der Waals surface area contributed by atoms with E-state index in [2.05, 4.69) is 14.7 Å². The van der Waals surface area contributed by atoms with E-state index in [1.54, 1.807) is 6.20 Å². The van der Waals surface area contributed by atoms with Crippen molar-refractivity contribution in [3.63, 3.8) is 0 Å². The van der Waals surface area contributed by atoms with Crippen molar-refractivity contribution in [2.45, 2.75) is 26.7 Å². The molecule has 0 saturated carbocycles. The summed E-state index contributed by atoms with van der Waals surface area (Å²) in [5.74, 6) is 0.463. The van der Waals surface area contributed by atoms with Crippen molar-refractivity contribution in [2.24, 2.45) is 0 Å². The molecule has 1 aromatic heterocycles. The van der Waals surface area contributed by atoms with Crippen LogP contribution >= 0.6 is 0 Å². The van der Waals surface area contributed by atoms with Gasteiger partial charge in [-0.1, -0.05) is 0 Å². The summed E-state index contributed by atoms with van der Waals surface area (Å²) in [4.78, 5) is 19.2. The van der Waals surface area contributed by atoms with Gasteiger partial charge in [-0.3, -0.25) is 4.79 Å². The topological polar surface area (TPSA) is 52.1 Å². The predicted molar refractivity (Wildman–Crippen MR) is 51.8 cm³/mol. The van der Waals surface area contributed by atoms with Crippen molar-refractivity contribution in [2.75, 3.05) is 7.11 Å². The summed E-state index contributed by atoms with van der Waals surface area (Å²) in [6, 6.07) is 0. The van der Waals surface area contributed by atoms with Crippen LogP contribution in [-0.4, -0.2) is 23.0 Å². The highest BCUT2D eigenvalue weighted by molar-refractivity contribution is 5.69. The summed E-state index contributed by atoms with van der Waals surface area (Å²) in [6.07, 6.45) is 2.64. The van der Waals surface area contributed by atoms with E-state index < -0.39 is 0 Å². The van der Waals surface area contributed by atoms with Crippen LogP contribution in [0.15, 0.2) is 6.20 Å². The van der Waals surface area contributed by atoms with Gasteiger partial charge in [0.2, 0.25) is 0 Å². The fraction of sp³-hybridized carbons (Fsp3) is 0.500. The summed E-state index contributed by atoms with van der Waals surface area (Å²) in [5, 5.41) is 0. The first-order valence-corrected chi connectivity index (χ1v) is 4.49. The van der Waals surface area contributed by atoms with Crippen LogP contribution in [0.1, 0.15) is 23.5 Å². The lowest BCUT2D eigenvalue weighted by molar-refractivity contribution is -0.140. The van der Waals surface area contributed by atoms with Gasteiger partial charge in [-0.15, -0.1) is 0 Å². The number of aryl methyl sites for hydroxylation is 3. The standard InChI is InChI=1S/C10H14N2O2/c1-7-6-11-9(12-8(7)2)4-5-10(13)14-3/h6H,4-5H2,1-3H3. The Morgan fingerprint density at radius 3 is 2.79 bits per heavy atom. The van der Waals surface area contributed by atoms with E-state index in [4.69, 9.17) is 0 Å². The molecule has 0 fully saturated rings. The zero-order chi connectivity index (χ0) is 10.6. The molecule has 0 aliphatic carbocycles. The molecule has 1 rings (SSSR count). The monoisotopic (exact) mass is 194 g/mol. The summed E-state index contributed by atoms with van der Waals surface area (Å²) in [5.41, 5.74) is 2.02. The molecule has 14 heavy (non-hydrogen) atoms. The number of carbonyl (C=O) groups is 1. The number of carbonyl (C=O) groups excluding carboxylic acids is 1. The lowest BCUT2D eigenvalue weighted by Crippen LogP contribution is -2.05. The van der Waals surface area contributed by atoms with E-state index in [1.807, 2.05) is 13.8 Å². The predicted octanol–water partition coefficient (Wildman–Crippen LogP) is 1.20. The van der Waals surface area contributed by atoms with Gasteiger partial charge < -0.3 is 4.74 Å². The van der Waals surface area contributed by atoms with E-state index in [-0.39, 0.29) is 5.97 Å². The summed E-state index contributed by atoms with van der Waals surface area (Å²) >= 11 is 0. The molecular formula is C10H14N2O2. The second kappa shape index (κ2) is 4.69. The maximum absolute atomic E-state index is 10.9. The molecule has 0 aliphatic heterocycles. The first-order valence-electron chi connectivity index (χ1n) is 4.49. The third-order valence-electron chi connectivity index (χ3n) is 2.06. The number of ether oxygens (including phenoxy) is 1. The van der Waals surface area contributed by atoms with Gasteiger partial charge in [0.15, 0.2) is 0 Å². The average Bonchev–Trinajstić information content (AvgIpc) is 2.19. The molecule has 1 aromatic rings. The second-order valence-corrected chi connectivity index (χ2v) is 3.13. The molecule has 0 atom stereocenters. The zero-order valence-electron chi connectivity index (χ0n) is 8.70. The minimum atomic E-state index is -0.230. The number of hydrogen-bond donors (Lipinski definition) is 0. The number of rotatable bonds is 3. The molecule has 0 N–H and O–H groups in total. The van der Waals surface area contributed by atoms with Crippen LogP contribution in [0.4, 0.5) is 0 Å². The van der Waals surface area contributed by atoms with Crippen LogP contribution in [0.3, 0.4) is 0 Å². The molecule has 0 spiro atoms. The molecule has 4 nitrogen and oxygen atoms in total. The summed E-state index contributed by atoms with van der Waals surface area (Å²) in [6.45, 7) is 3.89. The van der Waals surface area contributed by atoms with Crippen LogP contribution < -0.4 is 0 Å². The Morgan fingerprint density at radius 2 is 2.21 bits per heavy atom. The van der Waals surface area contributed by atoms with Crippen LogP contribution in [-0.2, 0) is 16.0 Å². The van der Waals surface area contributed by atoms with E-state index in [0.717, 1.165) is 11.3 Å². The van der Waals surface area contributed by atoms with Gasteiger partial charge in [0.25, 0.3) is 0 Å². The molecule has 0 aromatic carbocycles. The quantitative estimate of drug-likeness (QED) is 0.678. The van der Waals surface area contributed by atoms with E-state index in [0.29, 0.717) is 18.7 Å². The Balaban J connectivity index is 2.60. The van der Waals surface area contributed by atoms with Crippen LogP contribution in [0.5, 0.6) is 0 Å². The summed E-state index contributed by atoms with van der Waals surface area (Å²) < 4.78 is 4.53. The minimum absolute atomic E-state index is 0.230. The fourth-order valence-electron chi connectivity index (χ4n) is 1.01. The maximum atomic E-state index is 10.9. The molecule has 0 unspecified atom stereocenters. The number of methoxy groups -OCH3 is 1. The molecule has 0 aliphatic rings. The lowest BCUT2D eigenvalue weighted by Gasteiger charge is -2.02. The van der Waals surface area contributed by atoms with Crippen molar-refractivity contribution >= 4 is 5.97 Å². The molecule has 0 radical (unpaired) electrons. The van der Waals surface area contributed by atoms with Gasteiger partial charge in [-0.25, -0.2) is 9.97 Å². The minimum Gasteiger partial charge on any atom is -0.469 e. The van der Waals surface area contributed by atoms with E-state index in [1.165, 1.54) is 7.11 Å². The van der Waals surface area contributed by atoms with Crippen molar-refractivity contribution in [1.29, 1.82) is 0 Å². The SMILES string of the molecule is COC(=O)CCc1ncc(C)c(C)n1. The highest BCUT2D eigenvalue weighted by Crippen LogP contribution is 2.03. The van der Waals surface area contributed by atoms with Gasteiger partial charge in [0.05, 0.1) is 13.5 Å². The van der Waals surface area contributed by atoms with Gasteiger partial charge in [-0.05, 0) is 19.4 Å². The zero-order valence-corrected chi connectivity index (χ0v) is 8.70. The first kappa shape index (κ1) is 10.6. The van der Waals surface area contributed by atoms with E-state index in [9.17, 15) is 4.79 Å². The van der Waals surface area contributed by atoms with Gasteiger partial charge in [0.1, 0.15) is 5.82 Å². The van der Waals surface area contributed by atoms with Crippen molar-refractivity contribution in [3.05, 3.63) is 23.3 Å². The molecule has 0 bridgehead atoms. The highest BCUT2D eigenvalue weighted by Gasteiger charge is 2.04. The number of esters is 1. The van der Waals surface area contributed by atoms with Crippen LogP contribution in [0.25, 0.3) is 0 Å². The maximum Gasteiger partial charge on any atom is 0.305 e. The highest BCUT2D eigenvalue weighted by atomic mass is 16.5. The lowest BCUT2D eigenvalue weighted by atomic mass is 10.2.